The number of ether oxygens (including phenoxy) is 1. The lowest BCUT2D eigenvalue weighted by Crippen LogP contribution is -2.50. The highest BCUT2D eigenvalue weighted by atomic mass is 19.4. The Labute approximate surface area is 117 Å². The Morgan fingerprint density at radius 2 is 2.05 bits per heavy atom. The number of hydrogen-bond acceptors (Lipinski definition) is 4. The molecular weight excluding hydrogens is 273 g/mol. The first-order valence-corrected chi connectivity index (χ1v) is 7.07. The molecule has 0 radical (unpaired) electrons. The molecule has 1 aliphatic rings. The molecule has 0 aromatic carbocycles. The van der Waals surface area contributed by atoms with Crippen LogP contribution in [-0.4, -0.2) is 55.4 Å². The topological polar surface area (TPSA) is 41.6 Å². The van der Waals surface area contributed by atoms with Gasteiger partial charge in [0.2, 0.25) is 0 Å². The van der Waals surface area contributed by atoms with Gasteiger partial charge in [0.25, 0.3) is 0 Å². The van der Waals surface area contributed by atoms with Crippen molar-refractivity contribution in [1.82, 2.24) is 10.2 Å². The minimum absolute atomic E-state index is 0.0304. The molecule has 1 atom stereocenters. The van der Waals surface area contributed by atoms with E-state index in [2.05, 4.69) is 5.32 Å². The van der Waals surface area contributed by atoms with Gasteiger partial charge in [0, 0.05) is 12.6 Å². The second-order valence-electron chi connectivity index (χ2n) is 5.10. The van der Waals surface area contributed by atoms with E-state index in [-0.39, 0.29) is 19.2 Å². The highest BCUT2D eigenvalue weighted by Gasteiger charge is 2.35. The van der Waals surface area contributed by atoms with Gasteiger partial charge >= 0.3 is 12.1 Å². The predicted molar refractivity (Wildman–Crippen MR) is 69.4 cm³/mol. The van der Waals surface area contributed by atoms with Gasteiger partial charge in [-0.25, -0.2) is 0 Å². The van der Waals surface area contributed by atoms with Crippen molar-refractivity contribution in [1.29, 1.82) is 0 Å². The predicted octanol–water partition coefficient (Wildman–Crippen LogP) is 1.94. The largest absolute Gasteiger partial charge is 0.465 e. The summed E-state index contributed by atoms with van der Waals surface area (Å²) in [6, 6.07) is -0.449. The molecule has 118 valence electrons. The monoisotopic (exact) mass is 296 g/mol. The van der Waals surface area contributed by atoms with Crippen LogP contribution in [0.1, 0.15) is 33.1 Å². The maximum Gasteiger partial charge on any atom is 0.401 e. The van der Waals surface area contributed by atoms with E-state index >= 15 is 0 Å². The summed E-state index contributed by atoms with van der Waals surface area (Å²) in [5.41, 5.74) is 0. The fourth-order valence-corrected chi connectivity index (χ4v) is 2.04. The Hall–Kier alpha value is -0.820. The Bertz CT molecular complexity index is 306. The summed E-state index contributed by atoms with van der Waals surface area (Å²) in [6.45, 7) is 3.07. The standard InChI is InChI=1S/C13H23F3N2O2/c1-3-7-18(9-13(14,15)16)8-11(12(19)20-4-2)17-10-5-6-10/h10-11,17H,3-9H2,1-2H3. The first-order valence-electron chi connectivity index (χ1n) is 7.07. The average Bonchev–Trinajstić information content (AvgIpc) is 3.10. The molecular formula is C13H23F3N2O2. The van der Waals surface area contributed by atoms with Crippen LogP contribution >= 0.6 is 0 Å². The third-order valence-corrected chi connectivity index (χ3v) is 2.97. The molecule has 0 saturated heterocycles. The third-order valence-electron chi connectivity index (χ3n) is 2.97. The summed E-state index contributed by atoms with van der Waals surface area (Å²) in [5, 5.41) is 3.07. The Kier molecular flexibility index (Phi) is 6.75. The minimum atomic E-state index is -4.26. The molecule has 1 unspecified atom stereocenters. The highest BCUT2D eigenvalue weighted by molar-refractivity contribution is 5.76. The SMILES string of the molecule is CCCN(CC(NC1CC1)C(=O)OCC)CC(F)(F)F. The number of carbonyl (C=O) groups excluding carboxylic acids is 1. The molecule has 0 bridgehead atoms. The van der Waals surface area contributed by atoms with E-state index < -0.39 is 24.7 Å². The van der Waals surface area contributed by atoms with Gasteiger partial charge < -0.3 is 10.1 Å². The molecule has 0 aromatic heterocycles. The lowest BCUT2D eigenvalue weighted by atomic mass is 10.2. The second kappa shape index (κ2) is 7.83. The molecule has 20 heavy (non-hydrogen) atoms. The van der Waals surface area contributed by atoms with Gasteiger partial charge in [0.1, 0.15) is 6.04 Å². The van der Waals surface area contributed by atoms with Crippen molar-refractivity contribution in [2.24, 2.45) is 0 Å². The number of carbonyl (C=O) groups is 1. The van der Waals surface area contributed by atoms with Crippen LogP contribution in [0.25, 0.3) is 0 Å². The number of alkyl halides is 3. The van der Waals surface area contributed by atoms with Crippen LogP contribution in [0.3, 0.4) is 0 Å². The number of halogens is 3. The summed E-state index contributed by atoms with van der Waals surface area (Å²) in [4.78, 5) is 13.1. The van der Waals surface area contributed by atoms with E-state index in [1.54, 1.807) is 6.92 Å². The van der Waals surface area contributed by atoms with Gasteiger partial charge in [-0.15, -0.1) is 0 Å². The number of nitrogens with zero attached hydrogens (tertiary/aromatic N) is 1. The smallest absolute Gasteiger partial charge is 0.401 e. The fourth-order valence-electron chi connectivity index (χ4n) is 2.04. The first-order chi connectivity index (χ1) is 9.35. The van der Waals surface area contributed by atoms with Crippen molar-refractivity contribution in [2.75, 3.05) is 26.2 Å². The van der Waals surface area contributed by atoms with Crippen molar-refractivity contribution in [3.05, 3.63) is 0 Å². The molecule has 7 heteroatoms. The van der Waals surface area contributed by atoms with Gasteiger partial charge in [-0.05, 0) is 32.7 Å². The number of esters is 1. The molecule has 0 aromatic rings. The fraction of sp³-hybridized carbons (Fsp3) is 0.923. The summed E-state index contributed by atoms with van der Waals surface area (Å²) in [7, 11) is 0. The van der Waals surface area contributed by atoms with Gasteiger partial charge in [-0.2, -0.15) is 13.2 Å². The maximum absolute atomic E-state index is 12.5. The van der Waals surface area contributed by atoms with E-state index in [9.17, 15) is 18.0 Å². The second-order valence-corrected chi connectivity index (χ2v) is 5.10. The lowest BCUT2D eigenvalue weighted by Gasteiger charge is -2.27. The lowest BCUT2D eigenvalue weighted by molar-refractivity contribution is -0.154. The van der Waals surface area contributed by atoms with Crippen LogP contribution in [0, 0.1) is 0 Å². The molecule has 0 amide bonds. The van der Waals surface area contributed by atoms with Gasteiger partial charge in [-0.1, -0.05) is 6.92 Å². The normalized spacial score (nSPS) is 17.3. The van der Waals surface area contributed by atoms with Crippen LogP contribution in [0.15, 0.2) is 0 Å². The van der Waals surface area contributed by atoms with Gasteiger partial charge in [0.15, 0.2) is 0 Å². The molecule has 4 nitrogen and oxygen atoms in total. The first kappa shape index (κ1) is 17.2. The van der Waals surface area contributed by atoms with Crippen molar-refractivity contribution in [2.45, 2.75) is 51.4 Å². The van der Waals surface area contributed by atoms with Crippen LogP contribution < -0.4 is 5.32 Å². The zero-order valence-corrected chi connectivity index (χ0v) is 12.0. The minimum Gasteiger partial charge on any atom is -0.465 e. The quantitative estimate of drug-likeness (QED) is 0.660. The molecule has 0 spiro atoms. The van der Waals surface area contributed by atoms with Crippen molar-refractivity contribution in [3.63, 3.8) is 0 Å². The Balaban J connectivity index is 2.59. The number of rotatable bonds is 9. The van der Waals surface area contributed by atoms with E-state index in [0.717, 1.165) is 12.8 Å². The van der Waals surface area contributed by atoms with Crippen LogP contribution in [0.2, 0.25) is 0 Å². The molecule has 1 N–H and O–H groups in total. The number of nitrogens with one attached hydrogen (secondary N) is 1. The Morgan fingerprint density at radius 3 is 2.50 bits per heavy atom. The van der Waals surface area contributed by atoms with Crippen molar-refractivity contribution in [3.8, 4) is 0 Å². The molecule has 1 rings (SSSR count). The summed E-state index contributed by atoms with van der Waals surface area (Å²) < 4.78 is 42.5. The molecule has 0 heterocycles. The summed E-state index contributed by atoms with van der Waals surface area (Å²) in [6.07, 6.45) is -1.73. The molecule has 1 fully saturated rings. The molecule has 1 aliphatic carbocycles. The summed E-state index contributed by atoms with van der Waals surface area (Å²) in [5.74, 6) is -0.470. The van der Waals surface area contributed by atoms with E-state index in [4.69, 9.17) is 4.74 Å². The van der Waals surface area contributed by atoms with Crippen LogP contribution in [0.5, 0.6) is 0 Å². The van der Waals surface area contributed by atoms with Crippen molar-refractivity contribution >= 4 is 5.97 Å². The molecule has 0 aliphatic heterocycles. The van der Waals surface area contributed by atoms with Gasteiger partial charge in [-0.3, -0.25) is 9.69 Å². The van der Waals surface area contributed by atoms with E-state index in [0.29, 0.717) is 13.0 Å². The van der Waals surface area contributed by atoms with Crippen LogP contribution in [-0.2, 0) is 9.53 Å². The van der Waals surface area contributed by atoms with E-state index in [1.807, 2.05) is 6.92 Å². The average molecular weight is 296 g/mol. The van der Waals surface area contributed by atoms with E-state index in [1.165, 1.54) is 4.90 Å². The zero-order valence-electron chi connectivity index (χ0n) is 12.0. The molecule has 1 saturated carbocycles. The van der Waals surface area contributed by atoms with Crippen molar-refractivity contribution < 1.29 is 22.7 Å². The third kappa shape index (κ3) is 7.09. The van der Waals surface area contributed by atoms with Crippen LogP contribution in [0.4, 0.5) is 13.2 Å². The zero-order chi connectivity index (χ0) is 15.2. The Morgan fingerprint density at radius 1 is 1.40 bits per heavy atom. The highest BCUT2D eigenvalue weighted by Crippen LogP contribution is 2.21. The maximum atomic E-state index is 12.5. The van der Waals surface area contributed by atoms with Gasteiger partial charge in [0.05, 0.1) is 13.2 Å². The summed E-state index contributed by atoms with van der Waals surface area (Å²) >= 11 is 0. The number of hydrogen-bond donors (Lipinski definition) is 1.